The van der Waals surface area contributed by atoms with E-state index >= 15 is 0 Å². The van der Waals surface area contributed by atoms with Crippen LogP contribution in [0.3, 0.4) is 0 Å². The molecule has 0 aliphatic rings. The Balaban J connectivity index is 2.63. The highest BCUT2D eigenvalue weighted by Crippen LogP contribution is 2.41. The summed E-state index contributed by atoms with van der Waals surface area (Å²) in [4.78, 5) is 11.7. The number of carbonyl (C=O) groups is 1. The first-order valence-electron chi connectivity index (χ1n) is 11.3. The highest BCUT2D eigenvalue weighted by Gasteiger charge is 2.20. The van der Waals surface area contributed by atoms with Crippen molar-refractivity contribution in [3.63, 3.8) is 0 Å². The Morgan fingerprint density at radius 3 is 2.33 bits per heavy atom. The zero-order valence-electron chi connectivity index (χ0n) is 20.3. The molecule has 33 heavy (non-hydrogen) atoms. The van der Waals surface area contributed by atoms with E-state index in [2.05, 4.69) is 19.9 Å². The summed E-state index contributed by atoms with van der Waals surface area (Å²) in [5.74, 6) is 0.478. The maximum atomic E-state index is 13.1. The van der Waals surface area contributed by atoms with E-state index in [-0.39, 0.29) is 17.8 Å². The van der Waals surface area contributed by atoms with Crippen molar-refractivity contribution >= 4 is 12.0 Å². The standard InChI is InChI=1S/C28H34F2O3/c1-7-32-27(31)14-20(6)12-13-21-10-8-9-11-23(21)25-16-22(18(2)3)15-24(19(4)5)28(25)33-17-26(29)30/h8-16,18-19,26H,7,17H2,1-6H3/b13-12+,20-14+. The molecule has 0 aromatic heterocycles. The second-order valence-electron chi connectivity index (χ2n) is 8.56. The van der Waals surface area contributed by atoms with E-state index < -0.39 is 13.0 Å². The molecule has 5 heteroatoms. The Hall–Kier alpha value is -2.95. The molecule has 3 nitrogen and oxygen atoms in total. The summed E-state index contributed by atoms with van der Waals surface area (Å²) in [7, 11) is 0. The molecule has 2 rings (SSSR count). The van der Waals surface area contributed by atoms with Crippen molar-refractivity contribution in [2.75, 3.05) is 13.2 Å². The van der Waals surface area contributed by atoms with Gasteiger partial charge in [-0.25, -0.2) is 13.6 Å². The van der Waals surface area contributed by atoms with E-state index in [1.54, 1.807) is 6.92 Å². The third-order valence-corrected chi connectivity index (χ3v) is 5.19. The SMILES string of the molecule is CCOC(=O)/C=C(C)/C=C/c1ccccc1-c1cc(C(C)C)cc(C(C)C)c1OCC(F)F. The molecule has 0 heterocycles. The summed E-state index contributed by atoms with van der Waals surface area (Å²) in [5, 5.41) is 0. The normalized spacial score (nSPS) is 12.3. The van der Waals surface area contributed by atoms with Gasteiger partial charge in [-0.05, 0) is 59.6 Å². The zero-order chi connectivity index (χ0) is 24.5. The number of hydrogen-bond acceptors (Lipinski definition) is 3. The Morgan fingerprint density at radius 2 is 1.73 bits per heavy atom. The summed E-state index contributed by atoms with van der Waals surface area (Å²) < 4.78 is 36.8. The molecule has 178 valence electrons. The minimum Gasteiger partial charge on any atom is -0.487 e. The van der Waals surface area contributed by atoms with Gasteiger partial charge in [0, 0.05) is 11.6 Å². The number of rotatable bonds is 10. The number of allylic oxidation sites excluding steroid dienone is 2. The van der Waals surface area contributed by atoms with Gasteiger partial charge < -0.3 is 9.47 Å². The Kier molecular flexibility index (Phi) is 9.83. The molecule has 0 aliphatic heterocycles. The zero-order valence-corrected chi connectivity index (χ0v) is 20.3. The van der Waals surface area contributed by atoms with Gasteiger partial charge in [-0.1, -0.05) is 70.2 Å². The Morgan fingerprint density at radius 1 is 1.03 bits per heavy atom. The van der Waals surface area contributed by atoms with E-state index in [4.69, 9.17) is 9.47 Å². The molecule has 0 N–H and O–H groups in total. The van der Waals surface area contributed by atoms with Crippen LogP contribution in [0.15, 0.2) is 54.1 Å². The van der Waals surface area contributed by atoms with Gasteiger partial charge in [-0.2, -0.15) is 0 Å². The van der Waals surface area contributed by atoms with Crippen LogP contribution in [0, 0.1) is 0 Å². The second kappa shape index (κ2) is 12.3. The van der Waals surface area contributed by atoms with Gasteiger partial charge in [0.05, 0.1) is 6.61 Å². The molecule has 0 amide bonds. The molecule has 0 fully saturated rings. The monoisotopic (exact) mass is 456 g/mol. The molecule has 0 spiro atoms. The fourth-order valence-corrected chi connectivity index (χ4v) is 3.47. The van der Waals surface area contributed by atoms with E-state index in [1.807, 2.05) is 63.3 Å². The van der Waals surface area contributed by atoms with Crippen LogP contribution in [-0.2, 0) is 9.53 Å². The minimum atomic E-state index is -2.56. The lowest BCUT2D eigenvalue weighted by Gasteiger charge is -2.22. The lowest BCUT2D eigenvalue weighted by atomic mass is 9.88. The lowest BCUT2D eigenvalue weighted by molar-refractivity contribution is -0.137. The Labute approximate surface area is 196 Å². The number of hydrogen-bond donors (Lipinski definition) is 0. The summed E-state index contributed by atoms with van der Waals surface area (Å²) in [5.41, 5.74) is 5.34. The maximum absolute atomic E-state index is 13.1. The van der Waals surface area contributed by atoms with E-state index in [1.165, 1.54) is 6.08 Å². The van der Waals surface area contributed by atoms with Gasteiger partial charge >= 0.3 is 5.97 Å². The third kappa shape index (κ3) is 7.55. The number of halogens is 2. The molecule has 0 aliphatic carbocycles. The highest BCUT2D eigenvalue weighted by atomic mass is 19.3. The first-order chi connectivity index (χ1) is 15.6. The van der Waals surface area contributed by atoms with Gasteiger partial charge in [0.25, 0.3) is 6.43 Å². The van der Waals surface area contributed by atoms with Crippen LogP contribution in [0.25, 0.3) is 17.2 Å². The predicted octanol–water partition coefficient (Wildman–Crippen LogP) is 7.77. The summed E-state index contributed by atoms with van der Waals surface area (Å²) in [6, 6.07) is 11.8. The highest BCUT2D eigenvalue weighted by molar-refractivity contribution is 5.84. The molecule has 0 saturated carbocycles. The molecule has 0 saturated heterocycles. The van der Waals surface area contributed by atoms with Crippen molar-refractivity contribution in [2.45, 2.75) is 59.8 Å². The van der Waals surface area contributed by atoms with Crippen molar-refractivity contribution in [1.82, 2.24) is 0 Å². The number of ether oxygens (including phenoxy) is 2. The van der Waals surface area contributed by atoms with Gasteiger partial charge in [0.15, 0.2) is 0 Å². The summed E-state index contributed by atoms with van der Waals surface area (Å²) >= 11 is 0. The van der Waals surface area contributed by atoms with Crippen LogP contribution < -0.4 is 4.74 Å². The lowest BCUT2D eigenvalue weighted by Crippen LogP contribution is -2.11. The summed E-state index contributed by atoms with van der Waals surface area (Å²) in [6.45, 7) is 11.5. The van der Waals surface area contributed by atoms with Crippen LogP contribution in [0.5, 0.6) is 5.75 Å². The van der Waals surface area contributed by atoms with Crippen molar-refractivity contribution in [2.24, 2.45) is 0 Å². The van der Waals surface area contributed by atoms with Crippen LogP contribution in [0.1, 0.15) is 70.1 Å². The predicted molar refractivity (Wildman–Crippen MR) is 131 cm³/mol. The van der Waals surface area contributed by atoms with Crippen LogP contribution in [0.2, 0.25) is 0 Å². The summed E-state index contributed by atoms with van der Waals surface area (Å²) in [6.07, 6.45) is 2.63. The number of alkyl halides is 2. The average Bonchev–Trinajstić information content (AvgIpc) is 2.75. The molecule has 0 radical (unpaired) electrons. The van der Waals surface area contributed by atoms with E-state index in [9.17, 15) is 13.6 Å². The van der Waals surface area contributed by atoms with Crippen LogP contribution >= 0.6 is 0 Å². The van der Waals surface area contributed by atoms with Crippen molar-refractivity contribution in [3.05, 3.63) is 70.8 Å². The minimum absolute atomic E-state index is 0.104. The van der Waals surface area contributed by atoms with Gasteiger partial charge in [-0.3, -0.25) is 0 Å². The van der Waals surface area contributed by atoms with Crippen molar-refractivity contribution < 1.29 is 23.0 Å². The molecule has 0 unspecified atom stereocenters. The van der Waals surface area contributed by atoms with Crippen LogP contribution in [0.4, 0.5) is 8.78 Å². The fraction of sp³-hybridized carbons (Fsp3) is 0.393. The molecule has 2 aromatic carbocycles. The second-order valence-corrected chi connectivity index (χ2v) is 8.56. The number of esters is 1. The Bertz CT molecular complexity index is 1000. The van der Waals surface area contributed by atoms with Gasteiger partial charge in [-0.15, -0.1) is 0 Å². The average molecular weight is 457 g/mol. The number of carbonyl (C=O) groups excluding carboxylic acids is 1. The van der Waals surface area contributed by atoms with Gasteiger partial charge in [0.1, 0.15) is 12.4 Å². The molecular formula is C28H34F2O3. The smallest absolute Gasteiger partial charge is 0.330 e. The first kappa shape index (κ1) is 26.3. The van der Waals surface area contributed by atoms with Crippen molar-refractivity contribution in [3.8, 4) is 16.9 Å². The largest absolute Gasteiger partial charge is 0.487 e. The fourth-order valence-electron chi connectivity index (χ4n) is 3.47. The van der Waals surface area contributed by atoms with E-state index in [0.29, 0.717) is 12.4 Å². The molecule has 2 aromatic rings. The van der Waals surface area contributed by atoms with Crippen molar-refractivity contribution in [1.29, 1.82) is 0 Å². The maximum Gasteiger partial charge on any atom is 0.330 e. The third-order valence-electron chi connectivity index (χ3n) is 5.19. The van der Waals surface area contributed by atoms with Gasteiger partial charge in [0.2, 0.25) is 0 Å². The quantitative estimate of drug-likeness (QED) is 0.208. The topological polar surface area (TPSA) is 35.5 Å². The molecule has 0 atom stereocenters. The molecule has 0 bridgehead atoms. The van der Waals surface area contributed by atoms with E-state index in [0.717, 1.165) is 33.4 Å². The molecular weight excluding hydrogens is 422 g/mol. The number of benzene rings is 2. The van der Waals surface area contributed by atoms with Crippen LogP contribution in [-0.4, -0.2) is 25.6 Å². The first-order valence-corrected chi connectivity index (χ1v) is 11.3.